The smallest absolute Gasteiger partial charge is 0.313 e. The van der Waals surface area contributed by atoms with E-state index in [1.165, 1.54) is 10.5 Å². The van der Waals surface area contributed by atoms with Crippen LogP contribution in [0.5, 0.6) is 0 Å². The summed E-state index contributed by atoms with van der Waals surface area (Å²) in [7, 11) is 3.25. The van der Waals surface area contributed by atoms with Gasteiger partial charge in [0.15, 0.2) is 0 Å². The van der Waals surface area contributed by atoms with Crippen LogP contribution in [0.25, 0.3) is 0 Å². The van der Waals surface area contributed by atoms with Gasteiger partial charge in [-0.2, -0.15) is 0 Å². The number of nitrogens with one attached hydrogen (secondary N) is 1. The number of methoxy groups -OCH3 is 1. The van der Waals surface area contributed by atoms with E-state index in [0.717, 1.165) is 17.5 Å². The topological polar surface area (TPSA) is 58.6 Å². The SMILES string of the molecule is CCc1ccc(CN(C)C(=O)C(=O)Nc2cccc([C@H](C)OC)c2)cc1. The number of carbonyl (C=O) groups excluding carboxylic acids is 2. The Balaban J connectivity index is 1.98. The van der Waals surface area contributed by atoms with Gasteiger partial charge in [-0.15, -0.1) is 0 Å². The summed E-state index contributed by atoms with van der Waals surface area (Å²) in [5.74, 6) is -1.23. The predicted octanol–water partition coefficient (Wildman–Crippen LogP) is 3.55. The molecule has 0 saturated heterocycles. The fourth-order valence-corrected chi connectivity index (χ4v) is 2.59. The third kappa shape index (κ3) is 5.17. The van der Waals surface area contributed by atoms with E-state index in [1.807, 2.05) is 49.4 Å². The molecule has 0 aliphatic heterocycles. The predicted molar refractivity (Wildman–Crippen MR) is 103 cm³/mol. The van der Waals surface area contributed by atoms with Crippen LogP contribution >= 0.6 is 0 Å². The number of rotatable bonds is 6. The Kier molecular flexibility index (Phi) is 6.92. The van der Waals surface area contributed by atoms with Gasteiger partial charge in [0.25, 0.3) is 0 Å². The molecule has 5 nitrogen and oxygen atoms in total. The molecular weight excluding hydrogens is 328 g/mol. The van der Waals surface area contributed by atoms with Crippen LogP contribution < -0.4 is 5.32 Å². The van der Waals surface area contributed by atoms with E-state index in [9.17, 15) is 9.59 Å². The van der Waals surface area contributed by atoms with Crippen molar-refractivity contribution in [3.05, 3.63) is 65.2 Å². The second-order valence-electron chi connectivity index (χ2n) is 6.29. The largest absolute Gasteiger partial charge is 0.377 e. The van der Waals surface area contributed by atoms with Crippen molar-refractivity contribution < 1.29 is 14.3 Å². The number of hydrogen-bond acceptors (Lipinski definition) is 3. The molecule has 0 spiro atoms. The second kappa shape index (κ2) is 9.15. The number of benzene rings is 2. The first-order valence-corrected chi connectivity index (χ1v) is 8.71. The maximum Gasteiger partial charge on any atom is 0.313 e. The maximum atomic E-state index is 12.3. The number of hydrogen-bond donors (Lipinski definition) is 1. The van der Waals surface area contributed by atoms with Gasteiger partial charge in [-0.3, -0.25) is 9.59 Å². The van der Waals surface area contributed by atoms with E-state index in [0.29, 0.717) is 12.2 Å². The zero-order chi connectivity index (χ0) is 19.1. The van der Waals surface area contributed by atoms with Crippen molar-refractivity contribution in [2.45, 2.75) is 32.9 Å². The van der Waals surface area contributed by atoms with Crippen molar-refractivity contribution in [2.75, 3.05) is 19.5 Å². The molecule has 2 aromatic rings. The molecule has 2 amide bonds. The molecule has 0 bridgehead atoms. The quantitative estimate of drug-likeness (QED) is 0.807. The Morgan fingerprint density at radius 3 is 2.38 bits per heavy atom. The van der Waals surface area contributed by atoms with Crippen LogP contribution in [0.4, 0.5) is 5.69 Å². The van der Waals surface area contributed by atoms with Crippen molar-refractivity contribution in [2.24, 2.45) is 0 Å². The average molecular weight is 354 g/mol. The molecule has 1 N–H and O–H groups in total. The van der Waals surface area contributed by atoms with Crippen LogP contribution in [-0.2, 0) is 27.3 Å². The third-order valence-corrected chi connectivity index (χ3v) is 4.36. The van der Waals surface area contributed by atoms with Gasteiger partial charge in [0, 0.05) is 26.4 Å². The van der Waals surface area contributed by atoms with Crippen molar-refractivity contribution >= 4 is 17.5 Å². The minimum absolute atomic E-state index is 0.0867. The van der Waals surface area contributed by atoms with E-state index in [1.54, 1.807) is 20.2 Å². The fourth-order valence-electron chi connectivity index (χ4n) is 2.59. The molecule has 0 aliphatic rings. The van der Waals surface area contributed by atoms with Gasteiger partial charge in [-0.05, 0) is 42.2 Å². The highest BCUT2D eigenvalue weighted by molar-refractivity contribution is 6.39. The Hall–Kier alpha value is -2.66. The van der Waals surface area contributed by atoms with E-state index in [2.05, 4.69) is 12.2 Å². The van der Waals surface area contributed by atoms with Gasteiger partial charge in [-0.1, -0.05) is 43.3 Å². The van der Waals surface area contributed by atoms with Crippen LogP contribution in [0.2, 0.25) is 0 Å². The van der Waals surface area contributed by atoms with Crippen LogP contribution in [-0.4, -0.2) is 30.9 Å². The maximum absolute atomic E-state index is 12.3. The number of aryl methyl sites for hydroxylation is 1. The summed E-state index contributed by atoms with van der Waals surface area (Å²) in [6.07, 6.45) is 0.884. The summed E-state index contributed by atoms with van der Waals surface area (Å²) < 4.78 is 5.28. The van der Waals surface area contributed by atoms with Gasteiger partial charge in [-0.25, -0.2) is 0 Å². The van der Waals surface area contributed by atoms with E-state index >= 15 is 0 Å². The first kappa shape index (κ1) is 19.7. The Bertz CT molecular complexity index is 756. The number of carbonyl (C=O) groups is 2. The summed E-state index contributed by atoms with van der Waals surface area (Å²) >= 11 is 0. The zero-order valence-corrected chi connectivity index (χ0v) is 15.8. The summed E-state index contributed by atoms with van der Waals surface area (Å²) in [5.41, 5.74) is 3.74. The van der Waals surface area contributed by atoms with Crippen molar-refractivity contribution in [1.82, 2.24) is 4.90 Å². The number of amides is 2. The van der Waals surface area contributed by atoms with Gasteiger partial charge in [0.1, 0.15) is 0 Å². The molecule has 0 unspecified atom stereocenters. The molecule has 0 heterocycles. The Morgan fingerprint density at radius 1 is 1.12 bits per heavy atom. The second-order valence-corrected chi connectivity index (χ2v) is 6.29. The molecule has 2 rings (SSSR count). The van der Waals surface area contributed by atoms with Crippen molar-refractivity contribution in [1.29, 1.82) is 0 Å². The summed E-state index contributed by atoms with van der Waals surface area (Å²) in [5, 5.41) is 2.66. The third-order valence-electron chi connectivity index (χ3n) is 4.36. The van der Waals surface area contributed by atoms with Crippen LogP contribution in [0.15, 0.2) is 48.5 Å². The molecular formula is C21H26N2O3. The molecule has 0 saturated carbocycles. The molecule has 2 aromatic carbocycles. The standard InChI is InChI=1S/C21H26N2O3/c1-5-16-9-11-17(12-10-16)14-23(3)21(25)20(24)22-19-8-6-7-18(13-19)15(2)26-4/h6-13,15H,5,14H2,1-4H3,(H,22,24)/t15-/m0/s1. The lowest BCUT2D eigenvalue weighted by molar-refractivity contribution is -0.142. The highest BCUT2D eigenvalue weighted by Gasteiger charge is 2.19. The monoisotopic (exact) mass is 354 g/mol. The zero-order valence-electron chi connectivity index (χ0n) is 15.8. The highest BCUT2D eigenvalue weighted by Crippen LogP contribution is 2.19. The Morgan fingerprint density at radius 2 is 1.77 bits per heavy atom. The van der Waals surface area contributed by atoms with Gasteiger partial charge < -0.3 is 15.0 Å². The average Bonchev–Trinajstić information content (AvgIpc) is 2.67. The molecule has 5 heteroatoms. The van der Waals surface area contributed by atoms with Gasteiger partial charge in [0.05, 0.1) is 6.10 Å². The fraction of sp³-hybridized carbons (Fsp3) is 0.333. The van der Waals surface area contributed by atoms with Gasteiger partial charge in [0.2, 0.25) is 0 Å². The van der Waals surface area contributed by atoms with E-state index < -0.39 is 11.8 Å². The van der Waals surface area contributed by atoms with Crippen LogP contribution in [0.1, 0.15) is 36.6 Å². The molecule has 0 radical (unpaired) electrons. The van der Waals surface area contributed by atoms with Crippen LogP contribution in [0.3, 0.4) is 0 Å². The molecule has 26 heavy (non-hydrogen) atoms. The first-order valence-electron chi connectivity index (χ1n) is 8.71. The van der Waals surface area contributed by atoms with E-state index in [-0.39, 0.29) is 6.10 Å². The Labute approximate surface area is 155 Å². The first-order chi connectivity index (χ1) is 12.4. The van der Waals surface area contributed by atoms with Crippen molar-refractivity contribution in [3.8, 4) is 0 Å². The summed E-state index contributed by atoms with van der Waals surface area (Å²) in [6.45, 7) is 4.40. The van der Waals surface area contributed by atoms with Crippen molar-refractivity contribution in [3.63, 3.8) is 0 Å². The minimum Gasteiger partial charge on any atom is -0.377 e. The molecule has 0 aliphatic carbocycles. The number of anilines is 1. The lowest BCUT2D eigenvalue weighted by Crippen LogP contribution is -2.36. The highest BCUT2D eigenvalue weighted by atomic mass is 16.5. The molecule has 0 aromatic heterocycles. The molecule has 0 fully saturated rings. The molecule has 1 atom stereocenters. The van der Waals surface area contributed by atoms with Gasteiger partial charge >= 0.3 is 11.8 Å². The lowest BCUT2D eigenvalue weighted by atomic mass is 10.1. The van der Waals surface area contributed by atoms with Crippen LogP contribution in [0, 0.1) is 0 Å². The number of likely N-dealkylation sites (N-methyl/N-ethyl adjacent to an activating group) is 1. The summed E-state index contributed by atoms with van der Waals surface area (Å²) in [6, 6.07) is 15.3. The minimum atomic E-state index is -0.653. The normalized spacial score (nSPS) is 11.7. The lowest BCUT2D eigenvalue weighted by Gasteiger charge is -2.17. The van der Waals surface area contributed by atoms with E-state index in [4.69, 9.17) is 4.74 Å². The summed E-state index contributed by atoms with van der Waals surface area (Å²) in [4.78, 5) is 26.0. The number of nitrogens with zero attached hydrogens (tertiary/aromatic N) is 1. The number of ether oxygens (including phenoxy) is 1. The molecule has 138 valence electrons.